The van der Waals surface area contributed by atoms with Crippen LogP contribution in [0, 0.1) is 17.3 Å². The number of aromatic nitrogens is 3. The Morgan fingerprint density at radius 1 is 1.43 bits per heavy atom. The molecule has 2 atom stereocenters. The molecule has 1 saturated heterocycles. The summed E-state index contributed by atoms with van der Waals surface area (Å²) in [6.45, 7) is 5.95. The number of hydrogen-bond donors (Lipinski definition) is 2. The second kappa shape index (κ2) is 4.71. The largest absolute Gasteiger partial charge is 0.336 e. The number of hydrazine groups is 1. The van der Waals surface area contributed by atoms with Crippen molar-refractivity contribution in [3.63, 3.8) is 0 Å². The summed E-state index contributed by atoms with van der Waals surface area (Å²) in [6, 6.07) is -0.264. The van der Waals surface area contributed by atoms with Crippen LogP contribution in [0.2, 0.25) is 0 Å². The zero-order valence-electron chi connectivity index (χ0n) is 12.5. The number of piperidine rings is 1. The molecule has 114 valence electrons. The van der Waals surface area contributed by atoms with Gasteiger partial charge in [0.15, 0.2) is 5.69 Å². The van der Waals surface area contributed by atoms with E-state index in [0.717, 1.165) is 13.1 Å². The fourth-order valence-corrected chi connectivity index (χ4v) is 3.27. The van der Waals surface area contributed by atoms with Crippen LogP contribution in [0.15, 0.2) is 6.20 Å². The Kier molecular flexibility index (Phi) is 3.11. The SMILES string of the molecule is CC(C)[C@]12C[C@H]1CN(C(=O)NNC(=O)c1cn(C)nn1)C2. The van der Waals surface area contributed by atoms with Crippen molar-refractivity contribution in [1.82, 2.24) is 30.7 Å². The summed E-state index contributed by atoms with van der Waals surface area (Å²) in [4.78, 5) is 25.6. The van der Waals surface area contributed by atoms with Crippen molar-refractivity contribution in [2.24, 2.45) is 24.3 Å². The molecule has 3 amide bonds. The van der Waals surface area contributed by atoms with Crippen molar-refractivity contribution in [3.8, 4) is 0 Å². The molecule has 1 aliphatic heterocycles. The van der Waals surface area contributed by atoms with Crippen molar-refractivity contribution in [1.29, 1.82) is 0 Å². The fraction of sp³-hybridized carbons (Fsp3) is 0.692. The zero-order valence-corrected chi connectivity index (χ0v) is 12.5. The number of likely N-dealkylation sites (tertiary alicyclic amines) is 1. The van der Waals surface area contributed by atoms with Crippen molar-refractivity contribution in [2.45, 2.75) is 20.3 Å². The van der Waals surface area contributed by atoms with Crippen molar-refractivity contribution < 1.29 is 9.59 Å². The first-order valence-electron chi connectivity index (χ1n) is 7.14. The van der Waals surface area contributed by atoms with Gasteiger partial charge in [0.2, 0.25) is 0 Å². The molecule has 1 aromatic heterocycles. The highest BCUT2D eigenvalue weighted by Gasteiger charge is 2.62. The molecular weight excluding hydrogens is 272 g/mol. The number of rotatable bonds is 2. The molecule has 0 aromatic carbocycles. The van der Waals surface area contributed by atoms with Crippen molar-refractivity contribution >= 4 is 11.9 Å². The maximum atomic E-state index is 12.1. The molecule has 3 rings (SSSR count). The molecular formula is C13H20N6O2. The van der Waals surface area contributed by atoms with E-state index in [1.54, 1.807) is 11.9 Å². The molecule has 21 heavy (non-hydrogen) atoms. The van der Waals surface area contributed by atoms with Crippen LogP contribution in [0.3, 0.4) is 0 Å². The van der Waals surface area contributed by atoms with E-state index in [1.165, 1.54) is 17.3 Å². The molecule has 0 radical (unpaired) electrons. The number of fused-ring (bicyclic) bond motifs is 1. The molecule has 2 N–H and O–H groups in total. The van der Waals surface area contributed by atoms with Crippen LogP contribution in [0.25, 0.3) is 0 Å². The maximum Gasteiger partial charge on any atom is 0.336 e. The van der Waals surface area contributed by atoms with Crippen LogP contribution in [0.1, 0.15) is 30.8 Å². The summed E-state index contributed by atoms with van der Waals surface area (Å²) in [6.07, 6.45) is 2.70. The first-order valence-corrected chi connectivity index (χ1v) is 7.14. The van der Waals surface area contributed by atoms with Crippen LogP contribution in [0.4, 0.5) is 4.79 Å². The van der Waals surface area contributed by atoms with Gasteiger partial charge in [0.25, 0.3) is 5.91 Å². The normalized spacial score (nSPS) is 26.7. The molecule has 2 aliphatic rings. The van der Waals surface area contributed by atoms with Gasteiger partial charge in [-0.15, -0.1) is 5.10 Å². The van der Waals surface area contributed by atoms with Crippen LogP contribution < -0.4 is 10.9 Å². The molecule has 8 heteroatoms. The Morgan fingerprint density at radius 3 is 2.76 bits per heavy atom. The number of nitrogens with zero attached hydrogens (tertiary/aromatic N) is 4. The van der Waals surface area contributed by atoms with E-state index in [9.17, 15) is 9.59 Å². The lowest BCUT2D eigenvalue weighted by molar-refractivity contribution is 0.0924. The molecule has 0 bridgehead atoms. The maximum absolute atomic E-state index is 12.1. The zero-order chi connectivity index (χ0) is 15.2. The highest BCUT2D eigenvalue weighted by atomic mass is 16.2. The number of urea groups is 1. The van der Waals surface area contributed by atoms with Gasteiger partial charge in [0.1, 0.15) is 0 Å². The Hall–Kier alpha value is -2.12. The number of carbonyl (C=O) groups excluding carboxylic acids is 2. The first kappa shape index (κ1) is 13.8. The average Bonchev–Trinajstić information content (AvgIpc) is 2.82. The van der Waals surface area contributed by atoms with E-state index in [2.05, 4.69) is 35.0 Å². The molecule has 1 saturated carbocycles. The van der Waals surface area contributed by atoms with Gasteiger partial charge in [-0.05, 0) is 23.7 Å². The first-order chi connectivity index (χ1) is 9.92. The highest BCUT2D eigenvalue weighted by molar-refractivity contribution is 5.93. The Morgan fingerprint density at radius 2 is 2.19 bits per heavy atom. The number of amides is 3. The molecule has 0 spiro atoms. The van der Waals surface area contributed by atoms with Gasteiger partial charge in [-0.25, -0.2) is 10.2 Å². The van der Waals surface area contributed by atoms with E-state index < -0.39 is 5.91 Å². The van der Waals surface area contributed by atoms with Crippen LogP contribution >= 0.6 is 0 Å². The molecule has 2 fully saturated rings. The van der Waals surface area contributed by atoms with Gasteiger partial charge in [-0.3, -0.25) is 14.9 Å². The second-order valence-electron chi connectivity index (χ2n) is 6.33. The second-order valence-corrected chi connectivity index (χ2v) is 6.33. The highest BCUT2D eigenvalue weighted by Crippen LogP contribution is 2.62. The third kappa shape index (κ3) is 2.34. The van der Waals surface area contributed by atoms with E-state index in [-0.39, 0.29) is 11.7 Å². The number of nitrogens with one attached hydrogen (secondary N) is 2. The minimum Gasteiger partial charge on any atom is -0.323 e. The van der Waals surface area contributed by atoms with E-state index >= 15 is 0 Å². The summed E-state index contributed by atoms with van der Waals surface area (Å²) in [5.41, 5.74) is 5.27. The molecule has 0 unspecified atom stereocenters. The van der Waals surface area contributed by atoms with E-state index in [4.69, 9.17) is 0 Å². The standard InChI is InChI=1S/C13H20N6O2/c1-8(2)13-4-9(13)5-19(7-13)12(21)16-15-11(20)10-6-18(3)17-14-10/h6,8-9H,4-5,7H2,1-3H3,(H,15,20)(H,16,21)/t9-,13+/m0/s1. The molecule has 1 aliphatic carbocycles. The van der Waals surface area contributed by atoms with Crippen molar-refractivity contribution in [3.05, 3.63) is 11.9 Å². The van der Waals surface area contributed by atoms with Gasteiger partial charge >= 0.3 is 6.03 Å². The monoisotopic (exact) mass is 292 g/mol. The Bertz CT molecular complexity index is 583. The number of carbonyl (C=O) groups is 2. The van der Waals surface area contributed by atoms with E-state index in [0.29, 0.717) is 17.3 Å². The topological polar surface area (TPSA) is 92.2 Å². The van der Waals surface area contributed by atoms with Gasteiger partial charge in [0.05, 0.1) is 6.20 Å². The molecule has 1 aromatic rings. The lowest BCUT2D eigenvalue weighted by atomic mass is 9.92. The minimum atomic E-state index is -0.473. The number of aryl methyl sites for hydroxylation is 1. The third-order valence-electron chi connectivity index (χ3n) is 4.76. The smallest absolute Gasteiger partial charge is 0.323 e. The quantitative estimate of drug-likeness (QED) is 0.759. The fourth-order valence-electron chi connectivity index (χ4n) is 3.27. The van der Waals surface area contributed by atoms with Crippen LogP contribution in [-0.2, 0) is 7.05 Å². The molecule has 2 heterocycles. The summed E-state index contributed by atoms with van der Waals surface area (Å²) >= 11 is 0. The Balaban J connectivity index is 1.51. The number of hydrogen-bond acceptors (Lipinski definition) is 4. The third-order valence-corrected chi connectivity index (χ3v) is 4.76. The van der Waals surface area contributed by atoms with Crippen LogP contribution in [0.5, 0.6) is 0 Å². The summed E-state index contributed by atoms with van der Waals surface area (Å²) in [7, 11) is 1.67. The molecule has 8 nitrogen and oxygen atoms in total. The Labute approximate surface area is 122 Å². The van der Waals surface area contributed by atoms with Crippen molar-refractivity contribution in [2.75, 3.05) is 13.1 Å². The minimum absolute atomic E-state index is 0.167. The van der Waals surface area contributed by atoms with Gasteiger partial charge in [-0.1, -0.05) is 19.1 Å². The van der Waals surface area contributed by atoms with Gasteiger partial charge in [-0.2, -0.15) is 0 Å². The lowest BCUT2D eigenvalue weighted by Gasteiger charge is -2.23. The average molecular weight is 292 g/mol. The van der Waals surface area contributed by atoms with Crippen LogP contribution in [-0.4, -0.2) is 44.9 Å². The lowest BCUT2D eigenvalue weighted by Crippen LogP contribution is -2.49. The van der Waals surface area contributed by atoms with Gasteiger partial charge in [0, 0.05) is 20.1 Å². The van der Waals surface area contributed by atoms with Gasteiger partial charge < -0.3 is 4.90 Å². The summed E-state index contributed by atoms with van der Waals surface area (Å²) in [5.74, 6) is 0.716. The van der Waals surface area contributed by atoms with E-state index in [1.807, 2.05) is 0 Å². The summed E-state index contributed by atoms with van der Waals surface area (Å²) < 4.78 is 1.43. The predicted molar refractivity (Wildman–Crippen MR) is 74.0 cm³/mol. The summed E-state index contributed by atoms with van der Waals surface area (Å²) in [5, 5.41) is 7.35. The predicted octanol–water partition coefficient (Wildman–Crippen LogP) is 0.147.